The summed E-state index contributed by atoms with van der Waals surface area (Å²) in [6, 6.07) is 10.7. The Morgan fingerprint density at radius 3 is 2.62 bits per heavy atom. The highest BCUT2D eigenvalue weighted by Crippen LogP contribution is 2.32. The van der Waals surface area contributed by atoms with Crippen LogP contribution in [0.5, 0.6) is 0 Å². The molecule has 0 bridgehead atoms. The number of carbonyl (C=O) groups is 2. The van der Waals surface area contributed by atoms with Crippen LogP contribution in [0.2, 0.25) is 0 Å². The number of amides is 2. The second-order valence-corrected chi connectivity index (χ2v) is 8.27. The lowest BCUT2D eigenvalue weighted by molar-refractivity contribution is -0.137. The molecule has 1 unspecified atom stereocenters. The van der Waals surface area contributed by atoms with Crippen LogP contribution < -0.4 is 0 Å². The molecule has 1 aliphatic carbocycles. The molecule has 1 aromatic carbocycles. The standard InChI is InChI=1S/C21H24N2O2S/c1-15-2-4-16(5-3-15)11-22-13-18(10-20(22)24)21(25)23(19-6-7-19)12-17-8-9-26-14-17/h2-5,8-9,14,18-19H,6-7,10-13H2,1H3. The molecule has 1 saturated carbocycles. The molecule has 136 valence electrons. The van der Waals surface area contributed by atoms with Gasteiger partial charge in [0.1, 0.15) is 0 Å². The van der Waals surface area contributed by atoms with Gasteiger partial charge in [-0.05, 0) is 47.7 Å². The van der Waals surface area contributed by atoms with Crippen molar-refractivity contribution in [2.45, 2.75) is 45.3 Å². The zero-order valence-electron chi connectivity index (χ0n) is 15.1. The van der Waals surface area contributed by atoms with Crippen molar-refractivity contribution in [3.8, 4) is 0 Å². The summed E-state index contributed by atoms with van der Waals surface area (Å²) in [6.45, 7) is 3.87. The SMILES string of the molecule is Cc1ccc(CN2CC(C(=O)N(Cc3ccsc3)C3CC3)CC2=O)cc1. The monoisotopic (exact) mass is 368 g/mol. The van der Waals surface area contributed by atoms with Gasteiger partial charge in [-0.3, -0.25) is 9.59 Å². The molecule has 4 nitrogen and oxygen atoms in total. The third-order valence-corrected chi connectivity index (χ3v) is 5.99. The largest absolute Gasteiger partial charge is 0.338 e. The second-order valence-electron chi connectivity index (χ2n) is 7.49. The molecule has 2 heterocycles. The number of hydrogen-bond donors (Lipinski definition) is 0. The molecule has 0 radical (unpaired) electrons. The molecule has 1 aliphatic heterocycles. The van der Waals surface area contributed by atoms with Gasteiger partial charge in [0.05, 0.1) is 5.92 Å². The van der Waals surface area contributed by atoms with E-state index in [2.05, 4.69) is 42.6 Å². The number of likely N-dealkylation sites (tertiary alicyclic amines) is 1. The van der Waals surface area contributed by atoms with Gasteiger partial charge >= 0.3 is 0 Å². The van der Waals surface area contributed by atoms with Crippen molar-refractivity contribution < 1.29 is 9.59 Å². The van der Waals surface area contributed by atoms with Crippen molar-refractivity contribution in [3.05, 3.63) is 57.8 Å². The number of carbonyl (C=O) groups excluding carboxylic acids is 2. The zero-order valence-corrected chi connectivity index (χ0v) is 15.9. The molecule has 5 heteroatoms. The van der Waals surface area contributed by atoms with Crippen LogP contribution in [-0.4, -0.2) is 34.2 Å². The minimum Gasteiger partial charge on any atom is -0.338 e. The number of benzene rings is 1. The molecule has 26 heavy (non-hydrogen) atoms. The Morgan fingerprint density at radius 1 is 1.19 bits per heavy atom. The van der Waals surface area contributed by atoms with Crippen LogP contribution in [0.1, 0.15) is 36.0 Å². The van der Waals surface area contributed by atoms with Crippen LogP contribution in [0.25, 0.3) is 0 Å². The number of aryl methyl sites for hydroxylation is 1. The maximum Gasteiger partial charge on any atom is 0.228 e. The van der Waals surface area contributed by atoms with E-state index in [1.165, 1.54) is 11.1 Å². The van der Waals surface area contributed by atoms with E-state index in [1.54, 1.807) is 11.3 Å². The Labute approximate surface area is 158 Å². The van der Waals surface area contributed by atoms with E-state index in [0.29, 0.717) is 32.1 Å². The molecular formula is C21H24N2O2S. The van der Waals surface area contributed by atoms with Crippen molar-refractivity contribution in [2.75, 3.05) is 6.54 Å². The summed E-state index contributed by atoms with van der Waals surface area (Å²) in [7, 11) is 0. The third-order valence-electron chi connectivity index (χ3n) is 5.26. The quantitative estimate of drug-likeness (QED) is 0.782. The molecule has 2 aromatic rings. The first-order valence-corrected chi connectivity index (χ1v) is 10.2. The van der Waals surface area contributed by atoms with Gasteiger partial charge in [-0.15, -0.1) is 0 Å². The summed E-state index contributed by atoms with van der Waals surface area (Å²) in [5.41, 5.74) is 3.52. The maximum absolute atomic E-state index is 13.1. The molecule has 2 fully saturated rings. The molecule has 4 rings (SSSR count). The fourth-order valence-corrected chi connectivity index (χ4v) is 4.25. The lowest BCUT2D eigenvalue weighted by atomic mass is 10.1. The fourth-order valence-electron chi connectivity index (χ4n) is 3.59. The molecule has 1 saturated heterocycles. The number of hydrogen-bond acceptors (Lipinski definition) is 3. The van der Waals surface area contributed by atoms with Crippen LogP contribution in [0.3, 0.4) is 0 Å². The smallest absolute Gasteiger partial charge is 0.228 e. The van der Waals surface area contributed by atoms with E-state index in [0.717, 1.165) is 18.4 Å². The van der Waals surface area contributed by atoms with Crippen LogP contribution in [0.15, 0.2) is 41.1 Å². The molecular weight excluding hydrogens is 344 g/mol. The van der Waals surface area contributed by atoms with Crippen LogP contribution in [0.4, 0.5) is 0 Å². The highest BCUT2D eigenvalue weighted by molar-refractivity contribution is 7.07. The highest BCUT2D eigenvalue weighted by Gasteiger charge is 2.40. The molecule has 2 amide bonds. The Bertz CT molecular complexity index is 781. The zero-order chi connectivity index (χ0) is 18.1. The topological polar surface area (TPSA) is 40.6 Å². The van der Waals surface area contributed by atoms with Crippen LogP contribution >= 0.6 is 11.3 Å². The molecule has 0 spiro atoms. The molecule has 1 aromatic heterocycles. The van der Waals surface area contributed by atoms with Gasteiger partial charge in [0, 0.05) is 32.1 Å². The van der Waals surface area contributed by atoms with Gasteiger partial charge in [0.2, 0.25) is 11.8 Å². The predicted molar refractivity (Wildman–Crippen MR) is 103 cm³/mol. The van der Waals surface area contributed by atoms with Crippen molar-refractivity contribution in [3.63, 3.8) is 0 Å². The lowest BCUT2D eigenvalue weighted by Crippen LogP contribution is -2.38. The van der Waals surface area contributed by atoms with Crippen molar-refractivity contribution in [1.29, 1.82) is 0 Å². The normalized spacial score (nSPS) is 19.8. The van der Waals surface area contributed by atoms with E-state index < -0.39 is 0 Å². The lowest BCUT2D eigenvalue weighted by Gasteiger charge is -2.25. The Kier molecular flexibility index (Phi) is 4.81. The van der Waals surface area contributed by atoms with Gasteiger partial charge in [0.15, 0.2) is 0 Å². The number of nitrogens with zero attached hydrogens (tertiary/aromatic N) is 2. The number of rotatable bonds is 6. The average molecular weight is 369 g/mol. The Morgan fingerprint density at radius 2 is 1.96 bits per heavy atom. The van der Waals surface area contributed by atoms with E-state index in [1.807, 2.05) is 15.2 Å². The summed E-state index contributed by atoms with van der Waals surface area (Å²) in [6.07, 6.45) is 2.52. The predicted octanol–water partition coefficient (Wildman–Crippen LogP) is 3.60. The van der Waals surface area contributed by atoms with Gasteiger partial charge < -0.3 is 9.80 Å². The molecule has 1 atom stereocenters. The first-order valence-electron chi connectivity index (χ1n) is 9.25. The van der Waals surface area contributed by atoms with Crippen LogP contribution in [-0.2, 0) is 22.7 Å². The van der Waals surface area contributed by atoms with E-state index in [4.69, 9.17) is 0 Å². The average Bonchev–Trinajstić information content (AvgIpc) is 3.22. The first-order chi connectivity index (χ1) is 12.6. The van der Waals surface area contributed by atoms with E-state index in [-0.39, 0.29) is 17.7 Å². The second kappa shape index (κ2) is 7.23. The number of thiophene rings is 1. The summed E-state index contributed by atoms with van der Waals surface area (Å²) < 4.78 is 0. The van der Waals surface area contributed by atoms with E-state index >= 15 is 0 Å². The van der Waals surface area contributed by atoms with Crippen molar-refractivity contribution >= 4 is 23.2 Å². The van der Waals surface area contributed by atoms with Crippen molar-refractivity contribution in [2.24, 2.45) is 5.92 Å². The summed E-state index contributed by atoms with van der Waals surface area (Å²) in [5, 5.41) is 4.15. The summed E-state index contributed by atoms with van der Waals surface area (Å²) in [4.78, 5) is 29.4. The van der Waals surface area contributed by atoms with Gasteiger partial charge in [-0.25, -0.2) is 0 Å². The van der Waals surface area contributed by atoms with Gasteiger partial charge in [-0.1, -0.05) is 29.8 Å². The van der Waals surface area contributed by atoms with E-state index in [9.17, 15) is 9.59 Å². The highest BCUT2D eigenvalue weighted by atomic mass is 32.1. The fraction of sp³-hybridized carbons (Fsp3) is 0.429. The van der Waals surface area contributed by atoms with Crippen LogP contribution in [0, 0.1) is 12.8 Å². The molecule has 2 aliphatic rings. The molecule has 0 N–H and O–H groups in total. The van der Waals surface area contributed by atoms with Gasteiger partial charge in [0.25, 0.3) is 0 Å². The first kappa shape index (κ1) is 17.3. The minimum absolute atomic E-state index is 0.0928. The Hall–Kier alpha value is -2.14. The summed E-state index contributed by atoms with van der Waals surface area (Å²) in [5.74, 6) is 0.0424. The minimum atomic E-state index is -0.202. The van der Waals surface area contributed by atoms with Crippen molar-refractivity contribution in [1.82, 2.24) is 9.80 Å². The Balaban J connectivity index is 1.41. The summed E-state index contributed by atoms with van der Waals surface area (Å²) >= 11 is 1.66. The third kappa shape index (κ3) is 3.83. The maximum atomic E-state index is 13.1. The van der Waals surface area contributed by atoms with Gasteiger partial charge in [-0.2, -0.15) is 11.3 Å².